The second-order valence-electron chi connectivity index (χ2n) is 5.48. The van der Waals surface area contributed by atoms with Gasteiger partial charge in [-0.15, -0.1) is 35.3 Å². The van der Waals surface area contributed by atoms with Gasteiger partial charge in [-0.2, -0.15) is 0 Å². The number of hydrogen-bond acceptors (Lipinski definition) is 4. The van der Waals surface area contributed by atoms with Gasteiger partial charge in [-0.1, -0.05) is 19.1 Å². The van der Waals surface area contributed by atoms with Crippen molar-refractivity contribution in [3.8, 4) is 5.75 Å². The molecule has 0 spiro atoms. The summed E-state index contributed by atoms with van der Waals surface area (Å²) in [4.78, 5) is 9.97. The molecular weight excluding hydrogens is 447 g/mol. The van der Waals surface area contributed by atoms with E-state index in [2.05, 4.69) is 52.7 Å². The van der Waals surface area contributed by atoms with Crippen LogP contribution in [0.15, 0.2) is 29.4 Å². The first kappa shape index (κ1) is 21.7. The fourth-order valence-electron chi connectivity index (χ4n) is 2.32. The Kier molecular flexibility index (Phi) is 9.81. The quantitative estimate of drug-likeness (QED) is 0.366. The molecule has 0 radical (unpaired) electrons. The second kappa shape index (κ2) is 11.3. The van der Waals surface area contributed by atoms with E-state index in [4.69, 9.17) is 4.74 Å². The van der Waals surface area contributed by atoms with Gasteiger partial charge in [-0.05, 0) is 37.0 Å². The highest BCUT2D eigenvalue weighted by molar-refractivity contribution is 14.0. The highest BCUT2D eigenvalue weighted by Gasteiger charge is 2.04. The summed E-state index contributed by atoms with van der Waals surface area (Å²) in [5.41, 5.74) is 2.40. The Morgan fingerprint density at radius 1 is 1.32 bits per heavy atom. The van der Waals surface area contributed by atoms with Crippen molar-refractivity contribution in [2.75, 3.05) is 20.7 Å². The summed E-state index contributed by atoms with van der Waals surface area (Å²) in [6, 6.07) is 6.32. The molecule has 138 valence electrons. The fraction of sp³-hybridized carbons (Fsp3) is 0.444. The van der Waals surface area contributed by atoms with E-state index in [1.165, 1.54) is 10.4 Å². The van der Waals surface area contributed by atoms with Crippen LogP contribution in [0.5, 0.6) is 5.75 Å². The molecule has 0 aliphatic carbocycles. The number of methoxy groups -OCH3 is 1. The normalized spacial score (nSPS) is 11.0. The van der Waals surface area contributed by atoms with E-state index in [1.807, 2.05) is 6.20 Å². The molecule has 25 heavy (non-hydrogen) atoms. The molecule has 0 aliphatic heterocycles. The van der Waals surface area contributed by atoms with Crippen LogP contribution in [0.3, 0.4) is 0 Å². The first-order valence-corrected chi connectivity index (χ1v) is 8.99. The molecule has 0 amide bonds. The molecule has 1 heterocycles. The van der Waals surface area contributed by atoms with Crippen molar-refractivity contribution < 1.29 is 4.74 Å². The Balaban J connectivity index is 0.00000312. The Morgan fingerprint density at radius 2 is 2.12 bits per heavy atom. The smallest absolute Gasteiger partial charge is 0.191 e. The number of rotatable bonds is 7. The molecule has 2 N–H and O–H groups in total. The predicted octanol–water partition coefficient (Wildman–Crippen LogP) is 3.55. The minimum atomic E-state index is 0. The first-order valence-electron chi connectivity index (χ1n) is 8.17. The van der Waals surface area contributed by atoms with Crippen molar-refractivity contribution in [3.05, 3.63) is 45.4 Å². The average Bonchev–Trinajstić information content (AvgIpc) is 3.07. The van der Waals surface area contributed by atoms with E-state index in [0.717, 1.165) is 41.7 Å². The highest BCUT2D eigenvalue weighted by atomic mass is 127. The van der Waals surface area contributed by atoms with Crippen LogP contribution < -0.4 is 15.4 Å². The number of ether oxygens (including phenoxy) is 1. The third-order valence-corrected chi connectivity index (χ3v) is 4.90. The monoisotopic (exact) mass is 474 g/mol. The molecule has 2 rings (SSSR count). The Bertz CT molecular complexity index is 687. The minimum absolute atomic E-state index is 0. The average molecular weight is 474 g/mol. The second-order valence-corrected chi connectivity index (χ2v) is 6.68. The summed E-state index contributed by atoms with van der Waals surface area (Å²) < 4.78 is 5.37. The van der Waals surface area contributed by atoms with Gasteiger partial charge in [0.15, 0.2) is 5.96 Å². The van der Waals surface area contributed by atoms with E-state index in [9.17, 15) is 0 Å². The van der Waals surface area contributed by atoms with Crippen LogP contribution in [-0.4, -0.2) is 31.6 Å². The number of halogens is 1. The van der Waals surface area contributed by atoms with Gasteiger partial charge >= 0.3 is 0 Å². The van der Waals surface area contributed by atoms with Gasteiger partial charge in [-0.3, -0.25) is 4.99 Å². The topological polar surface area (TPSA) is 58.5 Å². The van der Waals surface area contributed by atoms with Crippen LogP contribution in [0.25, 0.3) is 0 Å². The largest absolute Gasteiger partial charge is 0.496 e. The summed E-state index contributed by atoms with van der Waals surface area (Å²) in [6.07, 6.45) is 3.89. The zero-order valence-corrected chi connectivity index (χ0v) is 18.4. The standard InChI is InChI=1S/C18H26N4OS.HI/c1-5-15-11-21-17(24-15)12-22-18(19-3)20-9-8-14-7-6-13(2)16(10-14)23-4;/h6-7,10-11H,5,8-9,12H2,1-4H3,(H2,19,20,22);1H. The summed E-state index contributed by atoms with van der Waals surface area (Å²) in [7, 11) is 3.49. The predicted molar refractivity (Wildman–Crippen MR) is 117 cm³/mol. The molecule has 0 fully saturated rings. The van der Waals surface area contributed by atoms with Crippen LogP contribution >= 0.6 is 35.3 Å². The number of nitrogens with one attached hydrogen (secondary N) is 2. The van der Waals surface area contributed by atoms with Crippen LogP contribution in [0.4, 0.5) is 0 Å². The van der Waals surface area contributed by atoms with Crippen LogP contribution in [-0.2, 0) is 19.4 Å². The molecule has 1 aromatic heterocycles. The number of aryl methyl sites for hydroxylation is 2. The van der Waals surface area contributed by atoms with Crippen molar-refractivity contribution in [2.24, 2.45) is 4.99 Å². The molecule has 0 aliphatic rings. The lowest BCUT2D eigenvalue weighted by atomic mass is 10.1. The summed E-state index contributed by atoms with van der Waals surface area (Å²) in [6.45, 7) is 5.70. The Morgan fingerprint density at radius 3 is 2.76 bits per heavy atom. The number of guanidine groups is 1. The molecule has 5 nitrogen and oxygen atoms in total. The van der Waals surface area contributed by atoms with Gasteiger partial charge in [0.25, 0.3) is 0 Å². The third kappa shape index (κ3) is 6.81. The van der Waals surface area contributed by atoms with Gasteiger partial charge in [0.05, 0.1) is 13.7 Å². The van der Waals surface area contributed by atoms with Gasteiger partial charge in [0.1, 0.15) is 10.8 Å². The molecule has 0 atom stereocenters. The Labute approximate surface area is 171 Å². The highest BCUT2D eigenvalue weighted by Crippen LogP contribution is 2.19. The lowest BCUT2D eigenvalue weighted by Gasteiger charge is -2.12. The maximum Gasteiger partial charge on any atom is 0.191 e. The molecular formula is C18H27IN4OS. The maximum atomic E-state index is 5.37. The minimum Gasteiger partial charge on any atom is -0.496 e. The Hall–Kier alpha value is -1.35. The number of benzene rings is 1. The third-order valence-electron chi connectivity index (χ3n) is 3.76. The molecule has 0 saturated carbocycles. The summed E-state index contributed by atoms with van der Waals surface area (Å²) >= 11 is 1.74. The lowest BCUT2D eigenvalue weighted by molar-refractivity contribution is 0.411. The van der Waals surface area contributed by atoms with Gasteiger partial charge in [-0.25, -0.2) is 4.98 Å². The molecule has 0 bridgehead atoms. The fourth-order valence-corrected chi connectivity index (χ4v) is 3.12. The van der Waals surface area contributed by atoms with Crippen molar-refractivity contribution in [1.29, 1.82) is 0 Å². The van der Waals surface area contributed by atoms with E-state index < -0.39 is 0 Å². The molecule has 0 unspecified atom stereocenters. The summed E-state index contributed by atoms with van der Waals surface area (Å²) in [5, 5.41) is 7.72. The van der Waals surface area contributed by atoms with E-state index in [-0.39, 0.29) is 24.0 Å². The van der Waals surface area contributed by atoms with Crippen molar-refractivity contribution in [1.82, 2.24) is 15.6 Å². The number of thiazole rings is 1. The van der Waals surface area contributed by atoms with Gasteiger partial charge in [0.2, 0.25) is 0 Å². The first-order chi connectivity index (χ1) is 11.7. The molecule has 2 aromatic rings. The molecule has 1 aromatic carbocycles. The number of nitrogens with zero attached hydrogens (tertiary/aromatic N) is 2. The lowest BCUT2D eigenvalue weighted by Crippen LogP contribution is -2.37. The summed E-state index contributed by atoms with van der Waals surface area (Å²) in [5.74, 6) is 1.73. The van der Waals surface area contributed by atoms with Crippen molar-refractivity contribution in [2.45, 2.75) is 33.2 Å². The molecule has 7 heteroatoms. The zero-order valence-electron chi connectivity index (χ0n) is 15.3. The van der Waals surface area contributed by atoms with Crippen molar-refractivity contribution >= 4 is 41.3 Å². The van der Waals surface area contributed by atoms with Crippen LogP contribution in [0.2, 0.25) is 0 Å². The van der Waals surface area contributed by atoms with E-state index in [0.29, 0.717) is 6.54 Å². The van der Waals surface area contributed by atoms with Crippen molar-refractivity contribution in [3.63, 3.8) is 0 Å². The molecule has 0 saturated heterocycles. The van der Waals surface area contributed by atoms with Crippen LogP contribution in [0, 0.1) is 6.92 Å². The maximum absolute atomic E-state index is 5.37. The number of hydrogen-bond donors (Lipinski definition) is 2. The number of aromatic nitrogens is 1. The van der Waals surface area contributed by atoms with Gasteiger partial charge in [0, 0.05) is 24.7 Å². The SMILES string of the molecule is CCc1cnc(CNC(=NC)NCCc2ccc(C)c(OC)c2)s1.I. The zero-order chi connectivity index (χ0) is 17.4. The van der Waals surface area contributed by atoms with E-state index >= 15 is 0 Å². The number of aliphatic imine (C=N–C) groups is 1. The van der Waals surface area contributed by atoms with E-state index in [1.54, 1.807) is 25.5 Å². The van der Waals surface area contributed by atoms with Gasteiger partial charge < -0.3 is 15.4 Å². The van der Waals surface area contributed by atoms with Crippen LogP contribution in [0.1, 0.15) is 27.9 Å².